The van der Waals surface area contributed by atoms with Gasteiger partial charge in [-0.15, -0.1) is 0 Å². The molecular weight excluding hydrogens is 404 g/mol. The minimum atomic E-state index is -1.57. The van der Waals surface area contributed by atoms with Crippen LogP contribution < -0.4 is 4.74 Å². The average Bonchev–Trinajstić information content (AvgIpc) is 2.71. The molecule has 0 bridgehead atoms. The predicted octanol–water partition coefficient (Wildman–Crippen LogP) is 1.58. The quantitative estimate of drug-likeness (QED) is 0.388. The molecular formula is C23H32O8. The fourth-order valence-electron chi connectivity index (χ4n) is 3.24. The van der Waals surface area contributed by atoms with Crippen LogP contribution >= 0.6 is 0 Å². The van der Waals surface area contributed by atoms with Crippen molar-refractivity contribution >= 4 is 5.97 Å². The summed E-state index contributed by atoms with van der Waals surface area (Å²) < 4.78 is 11.5. The van der Waals surface area contributed by atoms with E-state index in [1.54, 1.807) is 0 Å². The van der Waals surface area contributed by atoms with Gasteiger partial charge in [0.2, 0.25) is 6.29 Å². The molecule has 1 aliphatic heterocycles. The summed E-state index contributed by atoms with van der Waals surface area (Å²) in [4.78, 5) is 11.7. The number of carboxylic acid groups (broad SMARTS) is 1. The van der Waals surface area contributed by atoms with Gasteiger partial charge < -0.3 is 35.0 Å². The summed E-state index contributed by atoms with van der Waals surface area (Å²) >= 11 is 0. The first-order chi connectivity index (χ1) is 14.5. The second-order valence-corrected chi connectivity index (χ2v) is 8.22. The number of benzene rings is 1. The lowest BCUT2D eigenvalue weighted by molar-refractivity contribution is -0.277. The highest BCUT2D eigenvalue weighted by Gasteiger charge is 2.45. The minimum absolute atomic E-state index is 0.107. The Labute approximate surface area is 182 Å². The minimum Gasteiger partial charge on any atom is -0.478 e. The first kappa shape index (κ1) is 25.0. The molecule has 8 heteroatoms. The summed E-state index contributed by atoms with van der Waals surface area (Å²) in [6, 6.07) is 3.01. The van der Waals surface area contributed by atoms with E-state index in [9.17, 15) is 30.3 Å². The highest BCUT2D eigenvalue weighted by Crippen LogP contribution is 2.32. The van der Waals surface area contributed by atoms with Gasteiger partial charge in [-0.05, 0) is 63.8 Å². The molecule has 0 spiro atoms. The third kappa shape index (κ3) is 6.38. The van der Waals surface area contributed by atoms with E-state index in [2.05, 4.69) is 0 Å². The Hall–Kier alpha value is -2.23. The van der Waals surface area contributed by atoms with Crippen LogP contribution in [0, 0.1) is 0 Å². The molecule has 0 radical (unpaired) electrons. The summed E-state index contributed by atoms with van der Waals surface area (Å²) in [6.07, 6.45) is -2.48. The molecule has 0 aliphatic carbocycles. The zero-order valence-corrected chi connectivity index (χ0v) is 18.3. The second kappa shape index (κ2) is 10.9. The van der Waals surface area contributed by atoms with Crippen LogP contribution in [0.25, 0.3) is 0 Å². The number of ether oxygens (including phenoxy) is 2. The molecule has 1 aromatic rings. The van der Waals surface area contributed by atoms with Gasteiger partial charge in [0.1, 0.15) is 30.2 Å². The van der Waals surface area contributed by atoms with Gasteiger partial charge in [0, 0.05) is 0 Å². The Morgan fingerprint density at radius 2 is 1.48 bits per heavy atom. The normalized spacial score (nSPS) is 25.6. The van der Waals surface area contributed by atoms with Crippen LogP contribution in [-0.4, -0.2) is 68.8 Å². The van der Waals surface area contributed by atoms with Gasteiger partial charge in [-0.3, -0.25) is 0 Å². The van der Waals surface area contributed by atoms with Gasteiger partial charge in [-0.1, -0.05) is 23.3 Å². The first-order valence-electron chi connectivity index (χ1n) is 10.2. The van der Waals surface area contributed by atoms with Crippen molar-refractivity contribution in [2.45, 2.75) is 71.2 Å². The first-order valence-corrected chi connectivity index (χ1v) is 10.2. The predicted molar refractivity (Wildman–Crippen MR) is 114 cm³/mol. The van der Waals surface area contributed by atoms with Crippen LogP contribution in [0.3, 0.4) is 0 Å². The van der Waals surface area contributed by atoms with Gasteiger partial charge in [0.15, 0.2) is 0 Å². The summed E-state index contributed by atoms with van der Waals surface area (Å²) in [7, 11) is 0. The third-order valence-electron chi connectivity index (χ3n) is 5.03. The lowest BCUT2D eigenvalue weighted by atomic mass is 9.97. The van der Waals surface area contributed by atoms with Crippen LogP contribution in [0.15, 0.2) is 35.4 Å². The monoisotopic (exact) mass is 436 g/mol. The van der Waals surface area contributed by atoms with Crippen molar-refractivity contribution in [1.82, 2.24) is 0 Å². The molecule has 1 aromatic carbocycles. The zero-order chi connectivity index (χ0) is 23.3. The fourth-order valence-corrected chi connectivity index (χ4v) is 3.24. The van der Waals surface area contributed by atoms with Crippen molar-refractivity contribution in [3.05, 3.63) is 52.1 Å². The van der Waals surface area contributed by atoms with E-state index in [1.165, 1.54) is 12.1 Å². The van der Waals surface area contributed by atoms with Gasteiger partial charge in [0.25, 0.3) is 0 Å². The Morgan fingerprint density at radius 3 is 1.90 bits per heavy atom. The number of carbonyl (C=O) groups is 1. The topological polar surface area (TPSA) is 137 Å². The van der Waals surface area contributed by atoms with Crippen LogP contribution in [-0.2, 0) is 17.6 Å². The maximum absolute atomic E-state index is 11.7. The summed E-state index contributed by atoms with van der Waals surface area (Å²) in [5.41, 5.74) is 3.33. The molecule has 0 saturated carbocycles. The molecule has 31 heavy (non-hydrogen) atoms. The maximum atomic E-state index is 11.7. The zero-order valence-electron chi connectivity index (χ0n) is 18.3. The Bertz CT molecular complexity index is 793. The largest absolute Gasteiger partial charge is 0.478 e. The molecule has 1 aliphatic rings. The van der Waals surface area contributed by atoms with E-state index in [-0.39, 0.29) is 5.56 Å². The van der Waals surface area contributed by atoms with Crippen molar-refractivity contribution in [3.8, 4) is 5.75 Å². The summed E-state index contributed by atoms with van der Waals surface area (Å²) in [5, 5.41) is 49.5. The third-order valence-corrected chi connectivity index (χ3v) is 5.03. The fraction of sp³-hybridized carbons (Fsp3) is 0.522. The van der Waals surface area contributed by atoms with Crippen LogP contribution in [0.5, 0.6) is 5.75 Å². The molecule has 2 rings (SSSR count). The number of carboxylic acids is 1. The molecule has 5 atom stereocenters. The maximum Gasteiger partial charge on any atom is 0.335 e. The van der Waals surface area contributed by atoms with Crippen molar-refractivity contribution in [2.75, 3.05) is 6.61 Å². The number of rotatable bonds is 8. The lowest BCUT2D eigenvalue weighted by Gasteiger charge is -2.40. The molecule has 1 saturated heterocycles. The molecule has 0 amide bonds. The van der Waals surface area contributed by atoms with Crippen LogP contribution in [0.2, 0.25) is 0 Å². The van der Waals surface area contributed by atoms with E-state index in [0.717, 1.165) is 11.1 Å². The Balaban J connectivity index is 2.54. The van der Waals surface area contributed by atoms with E-state index >= 15 is 0 Å². The van der Waals surface area contributed by atoms with E-state index in [0.29, 0.717) is 29.7 Å². The SMILES string of the molecule is CC(C)=CCc1cc(C(=O)O)cc(CC=C(C)C)c1OC1OC(CO)C(O)C(O)C1O. The van der Waals surface area contributed by atoms with Crippen molar-refractivity contribution < 1.29 is 39.8 Å². The second-order valence-electron chi connectivity index (χ2n) is 8.22. The molecule has 1 fully saturated rings. The number of hydrogen-bond acceptors (Lipinski definition) is 7. The standard InChI is InChI=1S/C23H32O8/c1-12(2)5-7-14-9-16(22(28)29)10-15(8-6-13(3)4)21(14)31-23-20(27)19(26)18(25)17(11-24)30-23/h5-6,9-10,17-20,23-27H,7-8,11H2,1-4H3,(H,28,29). The average molecular weight is 437 g/mol. The van der Waals surface area contributed by atoms with Gasteiger partial charge in [-0.25, -0.2) is 4.79 Å². The number of allylic oxidation sites excluding steroid dienone is 4. The summed E-state index contributed by atoms with van der Waals surface area (Å²) in [6.45, 7) is 7.11. The Kier molecular flexibility index (Phi) is 8.79. The van der Waals surface area contributed by atoms with Crippen molar-refractivity contribution in [3.63, 3.8) is 0 Å². The van der Waals surface area contributed by atoms with Gasteiger partial charge in [0.05, 0.1) is 12.2 Å². The van der Waals surface area contributed by atoms with Gasteiger partial charge in [-0.2, -0.15) is 0 Å². The number of aliphatic hydroxyl groups is 4. The van der Waals surface area contributed by atoms with Crippen LogP contribution in [0.4, 0.5) is 0 Å². The summed E-state index contributed by atoms with van der Waals surface area (Å²) in [5.74, 6) is -0.736. The van der Waals surface area contributed by atoms with Gasteiger partial charge >= 0.3 is 5.97 Å². The molecule has 172 valence electrons. The molecule has 0 aromatic heterocycles. The molecule has 5 N–H and O–H groups in total. The number of hydrogen-bond donors (Lipinski definition) is 5. The van der Waals surface area contributed by atoms with E-state index in [4.69, 9.17) is 9.47 Å². The number of aliphatic hydroxyl groups excluding tert-OH is 4. The highest BCUT2D eigenvalue weighted by atomic mass is 16.7. The molecule has 1 heterocycles. The Morgan fingerprint density at radius 1 is 0.968 bits per heavy atom. The lowest BCUT2D eigenvalue weighted by Crippen LogP contribution is -2.60. The van der Waals surface area contributed by atoms with E-state index < -0.39 is 43.3 Å². The van der Waals surface area contributed by atoms with Crippen molar-refractivity contribution in [2.24, 2.45) is 0 Å². The van der Waals surface area contributed by atoms with Crippen LogP contribution in [0.1, 0.15) is 49.2 Å². The van der Waals surface area contributed by atoms with Crippen molar-refractivity contribution in [1.29, 1.82) is 0 Å². The molecule has 5 unspecified atom stereocenters. The highest BCUT2D eigenvalue weighted by molar-refractivity contribution is 5.88. The van der Waals surface area contributed by atoms with E-state index in [1.807, 2.05) is 39.8 Å². The number of aromatic carboxylic acids is 1. The smallest absolute Gasteiger partial charge is 0.335 e. The molecule has 8 nitrogen and oxygen atoms in total.